The first-order valence-electron chi connectivity index (χ1n) is 5.46. The molecule has 0 bridgehead atoms. The maximum atomic E-state index is 13.0. The molecule has 2 rings (SSSR count). The molecular formula is C13H14FN. The number of rotatable bonds is 2. The van der Waals surface area contributed by atoms with E-state index in [4.69, 9.17) is 5.26 Å². The molecule has 0 radical (unpaired) electrons. The highest BCUT2D eigenvalue weighted by atomic mass is 19.1. The summed E-state index contributed by atoms with van der Waals surface area (Å²) < 4.78 is 13.0. The number of halogens is 1. The lowest BCUT2D eigenvalue weighted by Crippen LogP contribution is -2.07. The van der Waals surface area contributed by atoms with Crippen LogP contribution in [0.4, 0.5) is 4.39 Å². The molecule has 0 spiro atoms. The zero-order valence-corrected chi connectivity index (χ0v) is 8.62. The Labute approximate surface area is 89.5 Å². The van der Waals surface area contributed by atoms with Crippen LogP contribution in [0.15, 0.2) is 24.3 Å². The third-order valence-electron chi connectivity index (χ3n) is 3.22. The predicted octanol–water partition coefficient (Wildman–Crippen LogP) is 3.62. The summed E-state index contributed by atoms with van der Waals surface area (Å²) in [4.78, 5) is 0. The summed E-state index contributed by atoms with van der Waals surface area (Å²) in [7, 11) is 0. The van der Waals surface area contributed by atoms with Crippen molar-refractivity contribution >= 4 is 0 Å². The quantitative estimate of drug-likeness (QED) is 0.720. The SMILES string of the molecule is N#C[C@@H](c1cccc(F)c1)C1CCCC1. The molecule has 2 heteroatoms. The molecule has 1 saturated carbocycles. The summed E-state index contributed by atoms with van der Waals surface area (Å²) in [5.41, 5.74) is 0.837. The van der Waals surface area contributed by atoms with Crippen molar-refractivity contribution < 1.29 is 4.39 Å². The highest BCUT2D eigenvalue weighted by molar-refractivity contribution is 5.26. The van der Waals surface area contributed by atoms with Gasteiger partial charge in [-0.15, -0.1) is 0 Å². The Bertz CT molecular complexity index is 374. The van der Waals surface area contributed by atoms with E-state index < -0.39 is 0 Å². The molecule has 0 N–H and O–H groups in total. The van der Waals surface area contributed by atoms with Crippen LogP contribution in [0, 0.1) is 23.1 Å². The van der Waals surface area contributed by atoms with Crippen LogP contribution in [0.2, 0.25) is 0 Å². The summed E-state index contributed by atoms with van der Waals surface area (Å²) in [6.45, 7) is 0. The summed E-state index contributed by atoms with van der Waals surface area (Å²) in [6.07, 6.45) is 4.62. The van der Waals surface area contributed by atoms with Gasteiger partial charge in [0.15, 0.2) is 0 Å². The lowest BCUT2D eigenvalue weighted by Gasteiger charge is -2.16. The smallest absolute Gasteiger partial charge is 0.123 e. The maximum absolute atomic E-state index is 13.0. The van der Waals surface area contributed by atoms with Gasteiger partial charge in [-0.3, -0.25) is 0 Å². The molecule has 1 aliphatic carbocycles. The van der Waals surface area contributed by atoms with Gasteiger partial charge in [0.05, 0.1) is 12.0 Å². The molecule has 1 aromatic rings. The minimum atomic E-state index is -0.245. The van der Waals surface area contributed by atoms with Gasteiger partial charge < -0.3 is 0 Å². The van der Waals surface area contributed by atoms with E-state index >= 15 is 0 Å². The first kappa shape index (κ1) is 10.2. The zero-order valence-electron chi connectivity index (χ0n) is 8.62. The van der Waals surface area contributed by atoms with E-state index in [1.54, 1.807) is 6.07 Å². The summed E-state index contributed by atoms with van der Waals surface area (Å²) in [5.74, 6) is 0.0609. The van der Waals surface area contributed by atoms with E-state index in [0.29, 0.717) is 5.92 Å². The fraction of sp³-hybridized carbons (Fsp3) is 0.462. The van der Waals surface area contributed by atoms with Crippen molar-refractivity contribution in [1.29, 1.82) is 5.26 Å². The largest absolute Gasteiger partial charge is 0.207 e. The predicted molar refractivity (Wildman–Crippen MR) is 56.7 cm³/mol. The molecule has 1 nitrogen and oxygen atoms in total. The summed E-state index contributed by atoms with van der Waals surface area (Å²) in [5, 5.41) is 9.16. The average molecular weight is 203 g/mol. The number of nitriles is 1. The number of benzene rings is 1. The standard InChI is InChI=1S/C13H14FN/c14-12-7-3-6-11(8-12)13(9-15)10-4-1-2-5-10/h3,6-8,10,13H,1-2,4-5H2/t13-/m1/s1. The van der Waals surface area contributed by atoms with Gasteiger partial charge in [-0.25, -0.2) is 4.39 Å². The molecule has 0 saturated heterocycles. The van der Waals surface area contributed by atoms with E-state index in [1.165, 1.54) is 25.0 Å². The van der Waals surface area contributed by atoms with Crippen molar-refractivity contribution in [2.24, 2.45) is 5.92 Å². The Hall–Kier alpha value is -1.36. The normalized spacial score (nSPS) is 18.7. The summed E-state index contributed by atoms with van der Waals surface area (Å²) >= 11 is 0. The first-order valence-corrected chi connectivity index (χ1v) is 5.46. The zero-order chi connectivity index (χ0) is 10.7. The van der Waals surface area contributed by atoms with Crippen LogP contribution in [0.5, 0.6) is 0 Å². The van der Waals surface area contributed by atoms with Crippen LogP contribution in [-0.4, -0.2) is 0 Å². The average Bonchev–Trinajstić information content (AvgIpc) is 2.72. The van der Waals surface area contributed by atoms with Crippen molar-refractivity contribution in [3.05, 3.63) is 35.6 Å². The molecule has 0 heterocycles. The lowest BCUT2D eigenvalue weighted by atomic mass is 9.86. The van der Waals surface area contributed by atoms with Gasteiger partial charge in [-0.2, -0.15) is 5.26 Å². The molecule has 0 aromatic heterocycles. The topological polar surface area (TPSA) is 23.8 Å². The van der Waals surface area contributed by atoms with E-state index in [9.17, 15) is 4.39 Å². The number of nitrogens with zero attached hydrogens (tertiary/aromatic N) is 1. The third-order valence-corrected chi connectivity index (χ3v) is 3.22. The maximum Gasteiger partial charge on any atom is 0.123 e. The molecule has 0 aliphatic heterocycles. The number of hydrogen-bond acceptors (Lipinski definition) is 1. The lowest BCUT2D eigenvalue weighted by molar-refractivity contribution is 0.498. The second-order valence-corrected chi connectivity index (χ2v) is 4.21. The fourth-order valence-corrected chi connectivity index (χ4v) is 2.44. The van der Waals surface area contributed by atoms with Crippen LogP contribution < -0.4 is 0 Å². The van der Waals surface area contributed by atoms with Crippen molar-refractivity contribution in [1.82, 2.24) is 0 Å². The molecule has 78 valence electrons. The molecule has 0 unspecified atom stereocenters. The molecule has 0 amide bonds. The van der Waals surface area contributed by atoms with Gasteiger partial charge in [-0.05, 0) is 36.5 Å². The van der Waals surface area contributed by atoms with Crippen molar-refractivity contribution in [3.63, 3.8) is 0 Å². The van der Waals surface area contributed by atoms with Crippen molar-refractivity contribution in [3.8, 4) is 6.07 Å². The van der Waals surface area contributed by atoms with Gasteiger partial charge in [0.25, 0.3) is 0 Å². The van der Waals surface area contributed by atoms with Crippen LogP contribution in [-0.2, 0) is 0 Å². The van der Waals surface area contributed by atoms with E-state index in [1.807, 2.05) is 6.07 Å². The molecule has 15 heavy (non-hydrogen) atoms. The Morgan fingerprint density at radius 3 is 2.67 bits per heavy atom. The third kappa shape index (κ3) is 2.18. The van der Waals surface area contributed by atoms with Crippen LogP contribution in [0.3, 0.4) is 0 Å². The van der Waals surface area contributed by atoms with E-state index in [0.717, 1.165) is 18.4 Å². The van der Waals surface area contributed by atoms with Crippen LogP contribution in [0.25, 0.3) is 0 Å². The fourth-order valence-electron chi connectivity index (χ4n) is 2.44. The Morgan fingerprint density at radius 2 is 2.07 bits per heavy atom. The van der Waals surface area contributed by atoms with Crippen LogP contribution in [0.1, 0.15) is 37.2 Å². The Balaban J connectivity index is 2.23. The molecular weight excluding hydrogens is 189 g/mol. The Kier molecular flexibility index (Phi) is 3.01. The van der Waals surface area contributed by atoms with Gasteiger partial charge in [0.1, 0.15) is 5.82 Å². The van der Waals surface area contributed by atoms with E-state index in [-0.39, 0.29) is 11.7 Å². The molecule has 1 aromatic carbocycles. The van der Waals surface area contributed by atoms with Gasteiger partial charge in [0, 0.05) is 0 Å². The number of hydrogen-bond donors (Lipinski definition) is 0. The monoisotopic (exact) mass is 203 g/mol. The molecule has 1 aliphatic rings. The minimum Gasteiger partial charge on any atom is -0.207 e. The molecule has 1 atom stereocenters. The first-order chi connectivity index (χ1) is 7.31. The Morgan fingerprint density at radius 1 is 1.33 bits per heavy atom. The van der Waals surface area contributed by atoms with Gasteiger partial charge in [0.2, 0.25) is 0 Å². The highest BCUT2D eigenvalue weighted by Crippen LogP contribution is 2.36. The van der Waals surface area contributed by atoms with Gasteiger partial charge in [-0.1, -0.05) is 25.0 Å². The van der Waals surface area contributed by atoms with Crippen molar-refractivity contribution in [2.45, 2.75) is 31.6 Å². The van der Waals surface area contributed by atoms with Crippen molar-refractivity contribution in [2.75, 3.05) is 0 Å². The molecule has 1 fully saturated rings. The highest BCUT2D eigenvalue weighted by Gasteiger charge is 2.26. The summed E-state index contributed by atoms with van der Waals surface area (Å²) in [6, 6.07) is 8.78. The van der Waals surface area contributed by atoms with Gasteiger partial charge >= 0.3 is 0 Å². The minimum absolute atomic E-state index is 0.122. The second-order valence-electron chi connectivity index (χ2n) is 4.21. The van der Waals surface area contributed by atoms with Crippen LogP contribution >= 0.6 is 0 Å². The van der Waals surface area contributed by atoms with E-state index in [2.05, 4.69) is 6.07 Å². The second kappa shape index (κ2) is 4.44.